The van der Waals surface area contributed by atoms with Crippen LogP contribution in [0.15, 0.2) is 24.3 Å². The molecule has 1 aromatic carbocycles. The van der Waals surface area contributed by atoms with Crippen molar-refractivity contribution in [1.82, 2.24) is 5.32 Å². The molecule has 1 saturated carbocycles. The van der Waals surface area contributed by atoms with Gasteiger partial charge in [-0.25, -0.2) is 0 Å². The van der Waals surface area contributed by atoms with Gasteiger partial charge in [0.2, 0.25) is 5.91 Å². The van der Waals surface area contributed by atoms with Gasteiger partial charge in [0.1, 0.15) is 0 Å². The maximum Gasteiger partial charge on any atom is 0.223 e. The minimum atomic E-state index is 0.214. The van der Waals surface area contributed by atoms with Crippen LogP contribution in [0.3, 0.4) is 0 Å². The van der Waals surface area contributed by atoms with E-state index in [0.29, 0.717) is 12.5 Å². The second-order valence-electron chi connectivity index (χ2n) is 4.46. The summed E-state index contributed by atoms with van der Waals surface area (Å²) in [5.41, 5.74) is 2.45. The van der Waals surface area contributed by atoms with Crippen molar-refractivity contribution in [2.24, 2.45) is 11.8 Å². The van der Waals surface area contributed by atoms with Crippen LogP contribution in [0.4, 0.5) is 0 Å². The van der Waals surface area contributed by atoms with E-state index in [4.69, 9.17) is 0 Å². The molecule has 1 aliphatic rings. The largest absolute Gasteiger partial charge is 0.352 e. The lowest BCUT2D eigenvalue weighted by molar-refractivity contribution is -0.122. The van der Waals surface area contributed by atoms with E-state index in [1.807, 2.05) is 12.1 Å². The molecular formula is C13H17NO. The Hall–Kier alpha value is -1.31. The van der Waals surface area contributed by atoms with E-state index in [0.717, 1.165) is 6.42 Å². The lowest BCUT2D eigenvalue weighted by atomic mass is 10.1. The summed E-state index contributed by atoms with van der Waals surface area (Å²) in [5.74, 6) is 1.07. The highest BCUT2D eigenvalue weighted by Crippen LogP contribution is 2.37. The molecule has 80 valence electrons. The van der Waals surface area contributed by atoms with Gasteiger partial charge in [-0.05, 0) is 30.4 Å². The highest BCUT2D eigenvalue weighted by atomic mass is 16.2. The molecule has 0 unspecified atom stereocenters. The molecule has 1 N–H and O–H groups in total. The van der Waals surface area contributed by atoms with E-state index in [2.05, 4.69) is 31.3 Å². The minimum absolute atomic E-state index is 0.214. The highest BCUT2D eigenvalue weighted by molar-refractivity contribution is 5.81. The fraction of sp³-hybridized carbons (Fsp3) is 0.462. The maximum absolute atomic E-state index is 11.6. The van der Waals surface area contributed by atoms with Crippen molar-refractivity contribution in [2.75, 3.05) is 0 Å². The SMILES string of the molecule is Cc1ccccc1CNC(=O)[C@H]1C[C@H]1C. The fourth-order valence-electron chi connectivity index (χ4n) is 1.81. The Bertz CT molecular complexity index is 373. The van der Waals surface area contributed by atoms with E-state index < -0.39 is 0 Å². The molecule has 0 aromatic heterocycles. The molecule has 2 rings (SSSR count). The molecule has 1 aliphatic carbocycles. The summed E-state index contributed by atoms with van der Waals surface area (Å²) < 4.78 is 0. The van der Waals surface area contributed by atoms with E-state index in [-0.39, 0.29) is 11.8 Å². The summed E-state index contributed by atoms with van der Waals surface area (Å²) >= 11 is 0. The molecule has 0 heterocycles. The number of amides is 1. The smallest absolute Gasteiger partial charge is 0.223 e. The monoisotopic (exact) mass is 203 g/mol. The van der Waals surface area contributed by atoms with Gasteiger partial charge in [0.25, 0.3) is 0 Å². The first-order valence-corrected chi connectivity index (χ1v) is 5.50. The molecule has 0 aliphatic heterocycles. The second kappa shape index (κ2) is 4.05. The molecule has 1 amide bonds. The summed E-state index contributed by atoms with van der Waals surface area (Å²) in [4.78, 5) is 11.6. The molecule has 2 atom stereocenters. The van der Waals surface area contributed by atoms with Crippen molar-refractivity contribution < 1.29 is 4.79 Å². The van der Waals surface area contributed by atoms with E-state index in [1.165, 1.54) is 11.1 Å². The van der Waals surface area contributed by atoms with Crippen LogP contribution in [0.2, 0.25) is 0 Å². The standard InChI is InChI=1S/C13H17NO/c1-9-5-3-4-6-11(9)8-14-13(15)12-7-10(12)2/h3-6,10,12H,7-8H2,1-2H3,(H,14,15)/t10-,12+/m1/s1. The zero-order chi connectivity index (χ0) is 10.8. The highest BCUT2D eigenvalue weighted by Gasteiger charge is 2.38. The van der Waals surface area contributed by atoms with Crippen molar-refractivity contribution in [3.63, 3.8) is 0 Å². The van der Waals surface area contributed by atoms with E-state index >= 15 is 0 Å². The molecule has 1 fully saturated rings. The molecule has 1 aromatic rings. The Kier molecular flexibility index (Phi) is 2.76. The van der Waals surface area contributed by atoms with Gasteiger partial charge >= 0.3 is 0 Å². The first-order valence-electron chi connectivity index (χ1n) is 5.50. The quantitative estimate of drug-likeness (QED) is 0.802. The van der Waals surface area contributed by atoms with Crippen molar-refractivity contribution >= 4 is 5.91 Å². The van der Waals surface area contributed by atoms with Crippen molar-refractivity contribution in [3.8, 4) is 0 Å². The summed E-state index contributed by atoms with van der Waals surface area (Å²) in [6.45, 7) is 4.86. The Morgan fingerprint density at radius 2 is 2.13 bits per heavy atom. The van der Waals surface area contributed by atoms with Gasteiger partial charge in [0.15, 0.2) is 0 Å². The Morgan fingerprint density at radius 3 is 2.73 bits per heavy atom. The third-order valence-corrected chi connectivity index (χ3v) is 3.16. The van der Waals surface area contributed by atoms with Crippen LogP contribution in [-0.4, -0.2) is 5.91 Å². The average molecular weight is 203 g/mol. The number of rotatable bonds is 3. The number of benzene rings is 1. The third kappa shape index (κ3) is 2.38. The number of hydrogen-bond donors (Lipinski definition) is 1. The molecular weight excluding hydrogens is 186 g/mol. The van der Waals surface area contributed by atoms with Gasteiger partial charge < -0.3 is 5.32 Å². The van der Waals surface area contributed by atoms with Crippen LogP contribution in [0.1, 0.15) is 24.5 Å². The summed E-state index contributed by atoms with van der Waals surface area (Å²) in [5, 5.41) is 2.99. The van der Waals surface area contributed by atoms with Gasteiger partial charge in [0, 0.05) is 12.5 Å². The molecule has 2 nitrogen and oxygen atoms in total. The number of carbonyl (C=O) groups excluding carboxylic acids is 1. The topological polar surface area (TPSA) is 29.1 Å². The van der Waals surface area contributed by atoms with E-state index in [1.54, 1.807) is 0 Å². The number of aryl methyl sites for hydroxylation is 1. The first kappa shape index (κ1) is 10.2. The fourth-order valence-corrected chi connectivity index (χ4v) is 1.81. The number of nitrogens with one attached hydrogen (secondary N) is 1. The Morgan fingerprint density at radius 1 is 1.47 bits per heavy atom. The van der Waals surface area contributed by atoms with Crippen molar-refractivity contribution in [2.45, 2.75) is 26.8 Å². The Balaban J connectivity index is 1.88. The third-order valence-electron chi connectivity index (χ3n) is 3.16. The van der Waals surface area contributed by atoms with Gasteiger partial charge in [-0.3, -0.25) is 4.79 Å². The summed E-state index contributed by atoms with van der Waals surface area (Å²) in [7, 11) is 0. The summed E-state index contributed by atoms with van der Waals surface area (Å²) in [6, 6.07) is 8.16. The van der Waals surface area contributed by atoms with E-state index in [9.17, 15) is 4.79 Å². The van der Waals surface area contributed by atoms with Crippen LogP contribution in [-0.2, 0) is 11.3 Å². The average Bonchev–Trinajstić information content (AvgIpc) is 2.94. The summed E-state index contributed by atoms with van der Waals surface area (Å²) in [6.07, 6.45) is 1.06. The molecule has 0 bridgehead atoms. The lowest BCUT2D eigenvalue weighted by Crippen LogP contribution is -2.25. The lowest BCUT2D eigenvalue weighted by Gasteiger charge is -2.07. The van der Waals surface area contributed by atoms with Crippen LogP contribution in [0.5, 0.6) is 0 Å². The molecule has 2 heteroatoms. The van der Waals surface area contributed by atoms with Gasteiger partial charge in [-0.1, -0.05) is 31.2 Å². The van der Waals surface area contributed by atoms with Gasteiger partial charge in [0.05, 0.1) is 0 Å². The van der Waals surface area contributed by atoms with Gasteiger partial charge in [-0.15, -0.1) is 0 Å². The number of carbonyl (C=O) groups is 1. The molecule has 0 saturated heterocycles. The van der Waals surface area contributed by atoms with Crippen LogP contribution in [0, 0.1) is 18.8 Å². The second-order valence-corrected chi connectivity index (χ2v) is 4.46. The normalized spacial score (nSPS) is 23.6. The zero-order valence-corrected chi connectivity index (χ0v) is 9.29. The van der Waals surface area contributed by atoms with Gasteiger partial charge in [-0.2, -0.15) is 0 Å². The van der Waals surface area contributed by atoms with Crippen LogP contribution >= 0.6 is 0 Å². The maximum atomic E-state index is 11.6. The van der Waals surface area contributed by atoms with Crippen molar-refractivity contribution in [3.05, 3.63) is 35.4 Å². The Labute approximate surface area is 90.7 Å². The minimum Gasteiger partial charge on any atom is -0.352 e. The number of hydrogen-bond acceptors (Lipinski definition) is 1. The molecule has 0 radical (unpaired) electrons. The van der Waals surface area contributed by atoms with Crippen LogP contribution in [0.25, 0.3) is 0 Å². The first-order chi connectivity index (χ1) is 7.18. The zero-order valence-electron chi connectivity index (χ0n) is 9.29. The molecule has 15 heavy (non-hydrogen) atoms. The van der Waals surface area contributed by atoms with Crippen molar-refractivity contribution in [1.29, 1.82) is 0 Å². The van der Waals surface area contributed by atoms with Crippen LogP contribution < -0.4 is 5.32 Å². The molecule has 0 spiro atoms. The predicted octanol–water partition coefficient (Wildman–Crippen LogP) is 2.27. The predicted molar refractivity (Wildman–Crippen MR) is 60.3 cm³/mol.